The van der Waals surface area contributed by atoms with Gasteiger partial charge >= 0.3 is 0 Å². The van der Waals surface area contributed by atoms with Crippen LogP contribution in [0.2, 0.25) is 0 Å². The lowest BCUT2D eigenvalue weighted by molar-refractivity contribution is -0.121. The first kappa shape index (κ1) is 14.5. The lowest BCUT2D eigenvalue weighted by Crippen LogP contribution is -2.49. The van der Waals surface area contributed by atoms with Gasteiger partial charge < -0.3 is 15.8 Å². The zero-order valence-corrected chi connectivity index (χ0v) is 11.5. The molecule has 0 radical (unpaired) electrons. The van der Waals surface area contributed by atoms with Gasteiger partial charge in [0.15, 0.2) is 0 Å². The van der Waals surface area contributed by atoms with E-state index in [2.05, 4.69) is 5.32 Å². The summed E-state index contributed by atoms with van der Waals surface area (Å²) in [5.74, 6) is 0.729. The number of nitrogens with two attached hydrogens (primary N) is 1. The summed E-state index contributed by atoms with van der Waals surface area (Å²) in [5, 5.41) is 2.91. The number of ether oxygens (including phenoxy) is 1. The fourth-order valence-electron chi connectivity index (χ4n) is 1.79. The van der Waals surface area contributed by atoms with E-state index in [0.29, 0.717) is 13.0 Å². The molecule has 4 heteroatoms. The standard InChI is InChI=1S/C14H22N2O2/c1-10-6-5-7-11(13(10)18-4)8-12(17)16-14(2,3)9-15/h5-7H,8-9,15H2,1-4H3,(H,16,17). The lowest BCUT2D eigenvalue weighted by atomic mass is 10.0. The maximum absolute atomic E-state index is 11.9. The first-order chi connectivity index (χ1) is 8.39. The fraction of sp³-hybridized carbons (Fsp3) is 0.500. The molecule has 1 rings (SSSR count). The third-order valence-electron chi connectivity index (χ3n) is 2.84. The van der Waals surface area contributed by atoms with Gasteiger partial charge in [-0.15, -0.1) is 0 Å². The fourth-order valence-corrected chi connectivity index (χ4v) is 1.79. The number of hydrogen-bond donors (Lipinski definition) is 2. The summed E-state index contributed by atoms with van der Waals surface area (Å²) in [6.45, 7) is 6.17. The summed E-state index contributed by atoms with van der Waals surface area (Å²) in [7, 11) is 1.62. The van der Waals surface area contributed by atoms with Crippen LogP contribution >= 0.6 is 0 Å². The van der Waals surface area contributed by atoms with Gasteiger partial charge in [0, 0.05) is 17.6 Å². The normalized spacial score (nSPS) is 11.2. The van der Waals surface area contributed by atoms with Gasteiger partial charge in [-0.1, -0.05) is 18.2 Å². The number of benzene rings is 1. The molecule has 0 aliphatic heterocycles. The van der Waals surface area contributed by atoms with E-state index in [0.717, 1.165) is 16.9 Å². The van der Waals surface area contributed by atoms with E-state index in [1.165, 1.54) is 0 Å². The summed E-state index contributed by atoms with van der Waals surface area (Å²) in [6, 6.07) is 5.79. The van der Waals surface area contributed by atoms with E-state index in [4.69, 9.17) is 10.5 Å². The number of carbonyl (C=O) groups is 1. The van der Waals surface area contributed by atoms with Crippen LogP contribution in [0.3, 0.4) is 0 Å². The molecule has 0 saturated carbocycles. The molecule has 0 aromatic heterocycles. The van der Waals surface area contributed by atoms with Gasteiger partial charge in [0.2, 0.25) is 5.91 Å². The minimum absolute atomic E-state index is 0.0469. The van der Waals surface area contributed by atoms with Crippen LogP contribution in [0, 0.1) is 6.92 Å². The van der Waals surface area contributed by atoms with Crippen LogP contribution in [0.1, 0.15) is 25.0 Å². The highest BCUT2D eigenvalue weighted by Crippen LogP contribution is 2.23. The summed E-state index contributed by atoms with van der Waals surface area (Å²) < 4.78 is 5.33. The van der Waals surface area contributed by atoms with Gasteiger partial charge in [0.1, 0.15) is 5.75 Å². The number of methoxy groups -OCH3 is 1. The minimum Gasteiger partial charge on any atom is -0.496 e. The number of aryl methyl sites for hydroxylation is 1. The Kier molecular flexibility index (Phi) is 4.73. The van der Waals surface area contributed by atoms with Crippen molar-refractivity contribution in [1.29, 1.82) is 0 Å². The molecule has 1 aromatic rings. The predicted octanol–water partition coefficient (Wildman–Crippen LogP) is 1.40. The van der Waals surface area contributed by atoms with E-state index >= 15 is 0 Å². The van der Waals surface area contributed by atoms with E-state index < -0.39 is 0 Å². The molecule has 0 aliphatic rings. The highest BCUT2D eigenvalue weighted by molar-refractivity contribution is 5.80. The third-order valence-corrected chi connectivity index (χ3v) is 2.84. The quantitative estimate of drug-likeness (QED) is 0.830. The molecular weight excluding hydrogens is 228 g/mol. The topological polar surface area (TPSA) is 64.3 Å². The van der Waals surface area contributed by atoms with Crippen molar-refractivity contribution in [3.63, 3.8) is 0 Å². The molecule has 0 spiro atoms. The highest BCUT2D eigenvalue weighted by atomic mass is 16.5. The molecule has 3 N–H and O–H groups in total. The summed E-state index contributed by atoms with van der Waals surface area (Å²) in [5.41, 5.74) is 7.13. The van der Waals surface area contributed by atoms with E-state index in [1.54, 1.807) is 7.11 Å². The third kappa shape index (κ3) is 3.74. The van der Waals surface area contributed by atoms with Crippen LogP contribution in [-0.4, -0.2) is 25.1 Å². The number of para-hydroxylation sites is 1. The number of hydrogen-bond acceptors (Lipinski definition) is 3. The molecule has 0 aliphatic carbocycles. The second kappa shape index (κ2) is 5.87. The van der Waals surface area contributed by atoms with Gasteiger partial charge in [0.25, 0.3) is 0 Å². The zero-order valence-electron chi connectivity index (χ0n) is 11.5. The summed E-state index contributed by atoms with van der Waals surface area (Å²) in [6.07, 6.45) is 0.300. The molecule has 0 fully saturated rings. The maximum atomic E-state index is 11.9. The number of carbonyl (C=O) groups excluding carboxylic acids is 1. The molecule has 1 amide bonds. The monoisotopic (exact) mass is 250 g/mol. The molecule has 100 valence electrons. The Morgan fingerprint density at radius 1 is 1.44 bits per heavy atom. The van der Waals surface area contributed by atoms with Crippen LogP contribution < -0.4 is 15.8 Å². The van der Waals surface area contributed by atoms with Gasteiger partial charge in [-0.3, -0.25) is 4.79 Å². The Morgan fingerprint density at radius 3 is 2.67 bits per heavy atom. The lowest BCUT2D eigenvalue weighted by Gasteiger charge is -2.24. The van der Waals surface area contributed by atoms with Crippen LogP contribution in [0.25, 0.3) is 0 Å². The average molecular weight is 250 g/mol. The molecular formula is C14H22N2O2. The summed E-state index contributed by atoms with van der Waals surface area (Å²) in [4.78, 5) is 11.9. The number of amides is 1. The van der Waals surface area contributed by atoms with Crippen molar-refractivity contribution in [2.24, 2.45) is 5.73 Å². The zero-order chi connectivity index (χ0) is 13.8. The van der Waals surface area contributed by atoms with Crippen molar-refractivity contribution in [1.82, 2.24) is 5.32 Å². The van der Waals surface area contributed by atoms with Crippen molar-refractivity contribution in [2.75, 3.05) is 13.7 Å². The Morgan fingerprint density at radius 2 is 2.11 bits per heavy atom. The van der Waals surface area contributed by atoms with Gasteiger partial charge in [-0.25, -0.2) is 0 Å². The SMILES string of the molecule is COc1c(C)cccc1CC(=O)NC(C)(C)CN. The minimum atomic E-state index is -0.381. The van der Waals surface area contributed by atoms with Gasteiger partial charge in [-0.2, -0.15) is 0 Å². The van der Waals surface area contributed by atoms with Crippen molar-refractivity contribution >= 4 is 5.91 Å². The van der Waals surface area contributed by atoms with E-state index in [9.17, 15) is 4.79 Å². The van der Waals surface area contributed by atoms with E-state index in [1.807, 2.05) is 39.0 Å². The first-order valence-electron chi connectivity index (χ1n) is 6.03. The number of nitrogens with one attached hydrogen (secondary N) is 1. The van der Waals surface area contributed by atoms with Crippen molar-refractivity contribution in [3.8, 4) is 5.75 Å². The molecule has 0 saturated heterocycles. The highest BCUT2D eigenvalue weighted by Gasteiger charge is 2.19. The Bertz CT molecular complexity index is 428. The van der Waals surface area contributed by atoms with Crippen LogP contribution in [0.15, 0.2) is 18.2 Å². The van der Waals surface area contributed by atoms with Gasteiger partial charge in [-0.05, 0) is 26.3 Å². The van der Waals surface area contributed by atoms with Crippen molar-refractivity contribution < 1.29 is 9.53 Å². The van der Waals surface area contributed by atoms with Crippen LogP contribution in [0.4, 0.5) is 0 Å². The molecule has 0 atom stereocenters. The molecule has 18 heavy (non-hydrogen) atoms. The predicted molar refractivity (Wildman–Crippen MR) is 72.7 cm³/mol. The summed E-state index contributed by atoms with van der Waals surface area (Å²) >= 11 is 0. The van der Waals surface area contributed by atoms with Crippen molar-refractivity contribution in [2.45, 2.75) is 32.7 Å². The first-order valence-corrected chi connectivity index (χ1v) is 6.03. The van der Waals surface area contributed by atoms with E-state index in [-0.39, 0.29) is 11.4 Å². The second-order valence-corrected chi connectivity index (χ2v) is 5.08. The Labute approximate surface area is 109 Å². The molecule has 4 nitrogen and oxygen atoms in total. The van der Waals surface area contributed by atoms with Gasteiger partial charge in [0.05, 0.1) is 13.5 Å². The smallest absolute Gasteiger partial charge is 0.225 e. The molecule has 1 aromatic carbocycles. The Hall–Kier alpha value is -1.55. The Balaban J connectivity index is 2.79. The average Bonchev–Trinajstić information content (AvgIpc) is 2.28. The van der Waals surface area contributed by atoms with Crippen LogP contribution in [-0.2, 0) is 11.2 Å². The molecule has 0 bridgehead atoms. The van der Waals surface area contributed by atoms with Crippen LogP contribution in [0.5, 0.6) is 5.75 Å². The largest absolute Gasteiger partial charge is 0.496 e. The molecule has 0 unspecified atom stereocenters. The second-order valence-electron chi connectivity index (χ2n) is 5.08. The molecule has 0 heterocycles. The maximum Gasteiger partial charge on any atom is 0.225 e. The van der Waals surface area contributed by atoms with Crippen molar-refractivity contribution in [3.05, 3.63) is 29.3 Å². The number of rotatable bonds is 5.